The second-order valence-electron chi connectivity index (χ2n) is 10.7. The van der Waals surface area contributed by atoms with Gasteiger partial charge in [0.25, 0.3) is 11.5 Å². The summed E-state index contributed by atoms with van der Waals surface area (Å²) in [5.41, 5.74) is 3.66. The molecule has 0 saturated heterocycles. The fourth-order valence-corrected chi connectivity index (χ4v) is 5.29. The van der Waals surface area contributed by atoms with Crippen LogP contribution in [0.15, 0.2) is 82.7 Å². The first kappa shape index (κ1) is 32.5. The van der Waals surface area contributed by atoms with Gasteiger partial charge in [0, 0.05) is 32.9 Å². The minimum atomic E-state index is -0.407. The smallest absolute Gasteiger partial charge is 0.282 e. The lowest BCUT2D eigenvalue weighted by Gasteiger charge is -2.17. The lowest BCUT2D eigenvalue weighted by molar-refractivity contribution is -0.118. The number of ether oxygens (including phenoxy) is 3. The molecule has 0 bridgehead atoms. The summed E-state index contributed by atoms with van der Waals surface area (Å²) in [6, 6.07) is 20.9. The van der Waals surface area contributed by atoms with Crippen LogP contribution >= 0.6 is 23.2 Å². The van der Waals surface area contributed by atoms with Gasteiger partial charge in [-0.3, -0.25) is 9.59 Å². The molecule has 0 saturated carbocycles. The zero-order valence-corrected chi connectivity index (χ0v) is 27.4. The summed E-state index contributed by atoms with van der Waals surface area (Å²) in [5, 5.41) is 8.67. The van der Waals surface area contributed by atoms with Crippen molar-refractivity contribution in [3.8, 4) is 28.6 Å². The standard InChI is InChI=1S/C35H32Cl2N4O5/c1-20(2)27-17-28(21(3)14-30(27)44-4)34-40-29-9-7-6-8-26(29)35(43)41(34)38-18-22-15-24(37)16-31(45-5)33(22)46-19-32(42)39-25-12-10-23(36)11-13-25/h6-18,20H,19H2,1-5H3,(H,39,42). The van der Waals surface area contributed by atoms with E-state index in [-0.39, 0.29) is 29.6 Å². The average Bonchev–Trinajstić information content (AvgIpc) is 3.04. The Balaban J connectivity index is 1.59. The molecular weight excluding hydrogens is 627 g/mol. The van der Waals surface area contributed by atoms with Gasteiger partial charge < -0.3 is 19.5 Å². The van der Waals surface area contributed by atoms with Crippen molar-refractivity contribution in [1.82, 2.24) is 9.66 Å². The maximum Gasteiger partial charge on any atom is 0.282 e. The minimum Gasteiger partial charge on any atom is -0.496 e. The highest BCUT2D eigenvalue weighted by Crippen LogP contribution is 2.36. The van der Waals surface area contributed by atoms with Crippen LogP contribution < -0.4 is 25.1 Å². The Morgan fingerprint density at radius 3 is 2.39 bits per heavy atom. The molecule has 236 valence electrons. The predicted octanol–water partition coefficient (Wildman–Crippen LogP) is 7.72. The molecule has 0 fully saturated rings. The third-order valence-electron chi connectivity index (χ3n) is 7.25. The van der Waals surface area contributed by atoms with Crippen molar-refractivity contribution in [3.63, 3.8) is 0 Å². The molecule has 5 rings (SSSR count). The van der Waals surface area contributed by atoms with Gasteiger partial charge in [-0.05, 0) is 78.6 Å². The second kappa shape index (κ2) is 14.1. The molecule has 9 nitrogen and oxygen atoms in total. The molecule has 0 unspecified atom stereocenters. The van der Waals surface area contributed by atoms with Crippen LogP contribution in [0.25, 0.3) is 22.3 Å². The van der Waals surface area contributed by atoms with Crippen LogP contribution in [0.1, 0.15) is 36.5 Å². The van der Waals surface area contributed by atoms with Crippen LogP contribution in [0, 0.1) is 6.92 Å². The lowest BCUT2D eigenvalue weighted by Crippen LogP contribution is -2.21. The summed E-state index contributed by atoms with van der Waals surface area (Å²) < 4.78 is 18.3. The number of nitrogens with zero attached hydrogens (tertiary/aromatic N) is 3. The Kier molecular flexibility index (Phi) is 9.94. The number of nitrogens with one attached hydrogen (secondary N) is 1. The number of fused-ring (bicyclic) bond motifs is 1. The molecule has 0 aliphatic rings. The molecule has 4 aromatic carbocycles. The van der Waals surface area contributed by atoms with E-state index in [4.69, 9.17) is 42.4 Å². The Bertz CT molecular complexity index is 2010. The molecule has 1 heterocycles. The van der Waals surface area contributed by atoms with Crippen molar-refractivity contribution in [2.24, 2.45) is 5.10 Å². The van der Waals surface area contributed by atoms with Crippen molar-refractivity contribution >= 4 is 51.9 Å². The summed E-state index contributed by atoms with van der Waals surface area (Å²) >= 11 is 12.4. The molecule has 46 heavy (non-hydrogen) atoms. The van der Waals surface area contributed by atoms with Gasteiger partial charge in [0.1, 0.15) is 5.75 Å². The van der Waals surface area contributed by atoms with E-state index in [1.54, 1.807) is 61.7 Å². The van der Waals surface area contributed by atoms with Crippen molar-refractivity contribution < 1.29 is 19.0 Å². The van der Waals surface area contributed by atoms with E-state index < -0.39 is 5.91 Å². The Morgan fingerprint density at radius 2 is 1.70 bits per heavy atom. The number of carbonyl (C=O) groups is 1. The van der Waals surface area contributed by atoms with Gasteiger partial charge in [-0.15, -0.1) is 0 Å². The second-order valence-corrected chi connectivity index (χ2v) is 11.6. The average molecular weight is 660 g/mol. The van der Waals surface area contributed by atoms with Gasteiger partial charge >= 0.3 is 0 Å². The molecule has 0 spiro atoms. The molecular formula is C35H32Cl2N4O5. The number of benzene rings is 4. The zero-order valence-electron chi connectivity index (χ0n) is 25.9. The maximum atomic E-state index is 13.9. The zero-order chi connectivity index (χ0) is 33.0. The molecule has 1 amide bonds. The van der Waals surface area contributed by atoms with Crippen molar-refractivity contribution in [3.05, 3.63) is 110 Å². The van der Waals surface area contributed by atoms with Gasteiger partial charge in [-0.25, -0.2) is 4.98 Å². The van der Waals surface area contributed by atoms with Crippen LogP contribution in [0.2, 0.25) is 10.0 Å². The molecule has 0 aliphatic heterocycles. The third kappa shape index (κ3) is 7.01. The number of rotatable bonds is 10. The molecule has 0 atom stereocenters. The summed E-state index contributed by atoms with van der Waals surface area (Å²) in [5.74, 6) is 1.34. The van der Waals surface area contributed by atoms with E-state index in [0.29, 0.717) is 38.0 Å². The molecule has 0 aliphatic carbocycles. The number of hydrogen-bond donors (Lipinski definition) is 1. The fraction of sp³-hybridized carbons (Fsp3) is 0.200. The van der Waals surface area contributed by atoms with Gasteiger partial charge in [0.15, 0.2) is 23.9 Å². The normalized spacial score (nSPS) is 11.3. The van der Waals surface area contributed by atoms with Gasteiger partial charge in [-0.1, -0.05) is 49.2 Å². The van der Waals surface area contributed by atoms with Crippen LogP contribution in [-0.4, -0.2) is 42.6 Å². The van der Waals surface area contributed by atoms with Crippen LogP contribution in [-0.2, 0) is 4.79 Å². The maximum absolute atomic E-state index is 13.9. The van der Waals surface area contributed by atoms with Crippen LogP contribution in [0.3, 0.4) is 0 Å². The molecule has 11 heteroatoms. The molecule has 1 aromatic heterocycles. The van der Waals surface area contributed by atoms with E-state index in [0.717, 1.165) is 22.4 Å². The summed E-state index contributed by atoms with van der Waals surface area (Å²) in [7, 11) is 3.09. The number of methoxy groups -OCH3 is 2. The molecule has 0 radical (unpaired) electrons. The highest BCUT2D eigenvalue weighted by atomic mass is 35.5. The van der Waals surface area contributed by atoms with Crippen LogP contribution in [0.5, 0.6) is 17.2 Å². The largest absolute Gasteiger partial charge is 0.496 e. The number of aromatic nitrogens is 2. The first-order chi connectivity index (χ1) is 22.1. The molecule has 1 N–H and O–H groups in total. The van der Waals surface area contributed by atoms with E-state index in [2.05, 4.69) is 24.3 Å². The minimum absolute atomic E-state index is 0.147. The monoisotopic (exact) mass is 658 g/mol. The van der Waals surface area contributed by atoms with E-state index in [9.17, 15) is 9.59 Å². The first-order valence-corrected chi connectivity index (χ1v) is 15.2. The Hall–Kier alpha value is -4.86. The SMILES string of the molecule is COc1cc(C)c(-c2nc3ccccc3c(=O)n2N=Cc2cc(Cl)cc(OC)c2OCC(=O)Nc2ccc(Cl)cc2)cc1C(C)C. The number of carbonyl (C=O) groups excluding carboxylic acids is 1. The van der Waals surface area contributed by atoms with Crippen molar-refractivity contribution in [2.45, 2.75) is 26.7 Å². The third-order valence-corrected chi connectivity index (χ3v) is 7.72. The first-order valence-electron chi connectivity index (χ1n) is 14.4. The summed E-state index contributed by atoms with van der Waals surface area (Å²) in [4.78, 5) is 31.5. The van der Waals surface area contributed by atoms with Gasteiger partial charge in [0.05, 0.1) is 31.3 Å². The summed E-state index contributed by atoms with van der Waals surface area (Å²) in [6.07, 6.45) is 1.43. The summed E-state index contributed by atoms with van der Waals surface area (Å²) in [6.45, 7) is 5.73. The van der Waals surface area contributed by atoms with Gasteiger partial charge in [0.2, 0.25) is 0 Å². The number of anilines is 1. The highest BCUT2D eigenvalue weighted by molar-refractivity contribution is 6.31. The van der Waals surface area contributed by atoms with Crippen molar-refractivity contribution in [2.75, 3.05) is 26.1 Å². The highest BCUT2D eigenvalue weighted by Gasteiger charge is 2.19. The number of para-hydroxylation sites is 1. The Labute approximate surface area is 276 Å². The predicted molar refractivity (Wildman–Crippen MR) is 183 cm³/mol. The van der Waals surface area contributed by atoms with Crippen molar-refractivity contribution in [1.29, 1.82) is 0 Å². The molecule has 5 aromatic rings. The van der Waals surface area contributed by atoms with E-state index >= 15 is 0 Å². The number of aryl methyl sites for hydroxylation is 1. The fourth-order valence-electron chi connectivity index (χ4n) is 4.95. The Morgan fingerprint density at radius 1 is 0.978 bits per heavy atom. The van der Waals surface area contributed by atoms with Crippen LogP contribution in [0.4, 0.5) is 5.69 Å². The topological polar surface area (TPSA) is 104 Å². The quantitative estimate of drug-likeness (QED) is 0.154. The van der Waals surface area contributed by atoms with E-state index in [1.807, 2.05) is 25.1 Å². The number of halogens is 2. The number of hydrogen-bond acceptors (Lipinski definition) is 7. The lowest BCUT2D eigenvalue weighted by atomic mass is 9.96. The van der Waals surface area contributed by atoms with Gasteiger partial charge in [-0.2, -0.15) is 9.78 Å². The number of amides is 1. The van der Waals surface area contributed by atoms with E-state index in [1.165, 1.54) is 18.0 Å².